The van der Waals surface area contributed by atoms with Gasteiger partial charge in [-0.1, -0.05) is 56.7 Å². The Morgan fingerprint density at radius 1 is 1.05 bits per heavy atom. The Bertz CT molecular complexity index is 1170. The molecule has 8 heteroatoms. The smallest absolute Gasteiger partial charge is 0.347 e. The van der Waals surface area contributed by atoms with E-state index < -0.39 is 17.6 Å². The Kier molecular flexibility index (Phi) is 15.9. The van der Waals surface area contributed by atoms with Gasteiger partial charge in [-0.05, 0) is 95.7 Å². The maximum atomic E-state index is 13.0. The third-order valence-corrected chi connectivity index (χ3v) is 6.83. The zero-order valence-corrected chi connectivity index (χ0v) is 26.6. The zero-order valence-electron chi connectivity index (χ0n) is 26.6. The molecule has 3 rings (SSSR count). The molecule has 0 aliphatic carbocycles. The lowest BCUT2D eigenvalue weighted by atomic mass is 10.0. The van der Waals surface area contributed by atoms with Crippen LogP contribution in [0.3, 0.4) is 0 Å². The van der Waals surface area contributed by atoms with Crippen LogP contribution in [0.4, 0.5) is 4.79 Å². The molecule has 1 aromatic heterocycles. The number of carbonyl (C=O) groups is 3. The highest BCUT2D eigenvalue weighted by Crippen LogP contribution is 2.25. The van der Waals surface area contributed by atoms with Gasteiger partial charge in [-0.15, -0.1) is 0 Å². The van der Waals surface area contributed by atoms with Crippen LogP contribution in [-0.2, 0) is 22.6 Å². The van der Waals surface area contributed by atoms with Crippen molar-refractivity contribution < 1.29 is 24.2 Å². The lowest BCUT2D eigenvalue weighted by Crippen LogP contribution is -2.37. The Balaban J connectivity index is 0.000000979. The molecule has 8 nitrogen and oxygen atoms in total. The van der Waals surface area contributed by atoms with Crippen molar-refractivity contribution in [2.24, 2.45) is 0 Å². The number of ether oxygens (including phenoxy) is 1. The van der Waals surface area contributed by atoms with Crippen LogP contribution in [0.5, 0.6) is 5.75 Å². The maximum Gasteiger partial charge on any atom is 0.347 e. The molecule has 0 radical (unpaired) electrons. The van der Waals surface area contributed by atoms with E-state index in [-0.39, 0.29) is 18.5 Å². The standard InChI is InChI=1S/C26H31N3O5.C6H12.C2H6/c1-4-5-17-28-23(30)22(29(25(28)33)18-20-13-15-27-16-14-20)8-6-7-19-9-11-21(12-10-19)34-26(2,3)24(31)32;1-4-6(3)5-2;1-2/h4-5,9-16,22H,6-8,17-18H2,1-3H3,(H,31,32);4H,5H2,1-3H3;1-2H3/b5-4+;6-4-;. The summed E-state index contributed by atoms with van der Waals surface area (Å²) in [5, 5.41) is 9.21. The quantitative estimate of drug-likeness (QED) is 0.207. The van der Waals surface area contributed by atoms with Gasteiger partial charge in [0.15, 0.2) is 5.60 Å². The molecular weight excluding hydrogens is 530 g/mol. The van der Waals surface area contributed by atoms with Crippen LogP contribution in [0.15, 0.2) is 72.6 Å². The number of pyridine rings is 1. The molecule has 3 amide bonds. The van der Waals surface area contributed by atoms with E-state index in [9.17, 15) is 19.5 Å². The minimum Gasteiger partial charge on any atom is -0.478 e. The van der Waals surface area contributed by atoms with Gasteiger partial charge in [-0.3, -0.25) is 14.7 Å². The fraction of sp³-hybridized carbons (Fsp3) is 0.471. The number of carboxylic acids is 1. The summed E-state index contributed by atoms with van der Waals surface area (Å²) in [6.07, 6.45) is 12.3. The molecular formula is C34H49N3O5. The van der Waals surface area contributed by atoms with E-state index >= 15 is 0 Å². The Morgan fingerprint density at radius 3 is 2.17 bits per heavy atom. The third-order valence-electron chi connectivity index (χ3n) is 6.83. The Hall–Kier alpha value is -3.94. The van der Waals surface area contributed by atoms with Crippen molar-refractivity contribution >= 4 is 17.9 Å². The number of hydrogen-bond acceptors (Lipinski definition) is 5. The van der Waals surface area contributed by atoms with E-state index in [0.29, 0.717) is 18.7 Å². The molecule has 1 unspecified atom stereocenters. The summed E-state index contributed by atoms with van der Waals surface area (Å²) in [6.45, 7) is 15.9. The van der Waals surface area contributed by atoms with Crippen LogP contribution in [0.25, 0.3) is 0 Å². The molecule has 1 saturated heterocycles. The molecule has 1 N–H and O–H groups in total. The van der Waals surface area contributed by atoms with E-state index in [2.05, 4.69) is 31.8 Å². The number of hydrogen-bond donors (Lipinski definition) is 1. The van der Waals surface area contributed by atoms with Crippen LogP contribution in [0.2, 0.25) is 0 Å². The summed E-state index contributed by atoms with van der Waals surface area (Å²) >= 11 is 0. The molecule has 42 heavy (non-hydrogen) atoms. The minimum atomic E-state index is -1.31. The number of aryl methyl sites for hydroxylation is 1. The summed E-state index contributed by atoms with van der Waals surface area (Å²) in [6, 6.07) is 10.2. The number of rotatable bonds is 12. The first-order valence-electron chi connectivity index (χ1n) is 14.8. The van der Waals surface area contributed by atoms with Crippen LogP contribution in [-0.4, -0.2) is 56.0 Å². The summed E-state index contributed by atoms with van der Waals surface area (Å²) in [7, 11) is 0. The summed E-state index contributed by atoms with van der Waals surface area (Å²) in [5.74, 6) is -0.722. The van der Waals surface area contributed by atoms with Crippen LogP contribution >= 0.6 is 0 Å². The number of aromatic nitrogens is 1. The molecule has 0 bridgehead atoms. The number of imide groups is 1. The highest BCUT2D eigenvalue weighted by Gasteiger charge is 2.43. The summed E-state index contributed by atoms with van der Waals surface area (Å²) in [5.41, 5.74) is 2.13. The molecule has 2 heterocycles. The van der Waals surface area contributed by atoms with Gasteiger partial charge in [0.25, 0.3) is 5.91 Å². The van der Waals surface area contributed by atoms with Crippen molar-refractivity contribution in [2.45, 2.75) is 99.3 Å². The highest BCUT2D eigenvalue weighted by atomic mass is 16.5. The third kappa shape index (κ3) is 11.1. The molecule has 2 aromatic rings. The number of urea groups is 1. The SMILES string of the molecule is C/C=C(/C)CC.C/C=C/CN1C(=O)C(CCCc2ccc(OC(C)(C)C(=O)O)cc2)N(Cc2ccncc2)C1=O.CC. The average molecular weight is 580 g/mol. The van der Waals surface area contributed by atoms with E-state index in [1.807, 2.05) is 51.1 Å². The van der Waals surface area contributed by atoms with Crippen molar-refractivity contribution in [3.05, 3.63) is 83.7 Å². The van der Waals surface area contributed by atoms with Gasteiger partial charge in [0.05, 0.1) is 0 Å². The molecule has 230 valence electrons. The summed E-state index contributed by atoms with van der Waals surface area (Å²) in [4.78, 5) is 44.3. The number of amides is 3. The van der Waals surface area contributed by atoms with E-state index in [1.165, 1.54) is 30.7 Å². The Labute approximate surface area is 252 Å². The predicted molar refractivity (Wildman–Crippen MR) is 168 cm³/mol. The fourth-order valence-corrected chi connectivity index (χ4v) is 3.98. The lowest BCUT2D eigenvalue weighted by Gasteiger charge is -2.22. The molecule has 1 aromatic carbocycles. The van der Waals surface area contributed by atoms with Crippen LogP contribution in [0, 0.1) is 0 Å². The lowest BCUT2D eigenvalue weighted by molar-refractivity contribution is -0.152. The number of benzene rings is 1. The van der Waals surface area contributed by atoms with Gasteiger partial charge in [-0.25, -0.2) is 9.59 Å². The topological polar surface area (TPSA) is 100 Å². The first-order chi connectivity index (χ1) is 20.0. The molecule has 1 fully saturated rings. The fourth-order valence-electron chi connectivity index (χ4n) is 3.98. The first-order valence-corrected chi connectivity index (χ1v) is 14.8. The number of carbonyl (C=O) groups excluding carboxylic acids is 2. The van der Waals surface area contributed by atoms with Crippen LogP contribution in [0.1, 0.15) is 85.8 Å². The van der Waals surface area contributed by atoms with Crippen molar-refractivity contribution in [1.29, 1.82) is 0 Å². The number of nitrogens with zero attached hydrogens (tertiary/aromatic N) is 3. The number of aliphatic carboxylic acids is 1. The van der Waals surface area contributed by atoms with Crippen molar-refractivity contribution in [3.63, 3.8) is 0 Å². The van der Waals surface area contributed by atoms with E-state index in [0.717, 1.165) is 24.0 Å². The summed E-state index contributed by atoms with van der Waals surface area (Å²) < 4.78 is 5.54. The molecule has 0 spiro atoms. The largest absolute Gasteiger partial charge is 0.478 e. The monoisotopic (exact) mass is 579 g/mol. The van der Waals surface area contributed by atoms with Crippen LogP contribution < -0.4 is 4.74 Å². The van der Waals surface area contributed by atoms with Gasteiger partial charge in [0.1, 0.15) is 11.8 Å². The molecule has 0 saturated carbocycles. The van der Waals surface area contributed by atoms with Gasteiger partial charge in [0.2, 0.25) is 0 Å². The molecule has 1 aliphatic heterocycles. The average Bonchev–Trinajstić information content (AvgIpc) is 3.21. The second-order valence-corrected chi connectivity index (χ2v) is 10.2. The van der Waals surface area contributed by atoms with Crippen molar-refractivity contribution in [3.8, 4) is 5.75 Å². The van der Waals surface area contributed by atoms with E-state index in [1.54, 1.807) is 35.5 Å². The minimum absolute atomic E-state index is 0.170. The second-order valence-electron chi connectivity index (χ2n) is 10.2. The molecule has 1 atom stereocenters. The van der Waals surface area contributed by atoms with E-state index in [4.69, 9.17) is 4.74 Å². The second kappa shape index (κ2) is 18.5. The van der Waals surface area contributed by atoms with Gasteiger partial charge in [0, 0.05) is 25.5 Å². The van der Waals surface area contributed by atoms with Gasteiger partial charge < -0.3 is 14.7 Å². The number of allylic oxidation sites excluding steroid dienone is 3. The maximum absolute atomic E-state index is 13.0. The van der Waals surface area contributed by atoms with Gasteiger partial charge >= 0.3 is 12.0 Å². The van der Waals surface area contributed by atoms with Gasteiger partial charge in [-0.2, -0.15) is 0 Å². The predicted octanol–water partition coefficient (Wildman–Crippen LogP) is 7.44. The first kappa shape index (κ1) is 36.1. The number of carboxylic acid groups (broad SMARTS) is 1. The van der Waals surface area contributed by atoms with Crippen molar-refractivity contribution in [1.82, 2.24) is 14.8 Å². The molecule has 1 aliphatic rings. The Morgan fingerprint density at radius 2 is 1.67 bits per heavy atom. The van der Waals surface area contributed by atoms with Crippen molar-refractivity contribution in [2.75, 3.05) is 6.54 Å². The highest BCUT2D eigenvalue weighted by molar-refractivity contribution is 6.04. The normalized spacial score (nSPS) is 15.2. The zero-order chi connectivity index (χ0) is 31.7.